The summed E-state index contributed by atoms with van der Waals surface area (Å²) in [6.07, 6.45) is 8.67. The number of hydrogen-bond donors (Lipinski definition) is 0. The number of benzene rings is 2. The molecule has 2 aromatic rings. The third kappa shape index (κ3) is 4.67. The van der Waals surface area contributed by atoms with E-state index >= 15 is 0 Å². The van der Waals surface area contributed by atoms with Crippen molar-refractivity contribution < 1.29 is 4.79 Å². The van der Waals surface area contributed by atoms with Crippen LogP contribution in [0.15, 0.2) is 62.9 Å². The summed E-state index contributed by atoms with van der Waals surface area (Å²) in [6.45, 7) is 2.14. The summed E-state index contributed by atoms with van der Waals surface area (Å²) in [5.74, 6) is 0.0950. The maximum atomic E-state index is 13.4. The van der Waals surface area contributed by atoms with Crippen LogP contribution in [0.4, 0.5) is 5.69 Å². The van der Waals surface area contributed by atoms with Crippen LogP contribution in [0.5, 0.6) is 0 Å². The highest BCUT2D eigenvalue weighted by atomic mass is 79.9. The molecule has 0 radical (unpaired) electrons. The Morgan fingerprint density at radius 3 is 2.55 bits per heavy atom. The first-order chi connectivity index (χ1) is 14.2. The van der Waals surface area contributed by atoms with Gasteiger partial charge in [0.2, 0.25) is 0 Å². The lowest BCUT2D eigenvalue weighted by Crippen LogP contribution is -2.40. The highest BCUT2D eigenvalue weighted by molar-refractivity contribution is 9.10. The van der Waals surface area contributed by atoms with Gasteiger partial charge in [0.15, 0.2) is 5.17 Å². The standard InChI is InChI=1S/C24H25BrN2OS/c1-2-18-8-6-7-11-21(18)26-24-27(20-9-4-3-5-10-20)23(28)22(29-24)16-17-12-14-19(25)15-13-17/h6-8,11-16,20H,2-5,9-10H2,1H3/b22-16+,26-24?. The van der Waals surface area contributed by atoms with Gasteiger partial charge in [-0.1, -0.05) is 72.4 Å². The molecule has 1 saturated heterocycles. The first kappa shape index (κ1) is 20.4. The van der Waals surface area contributed by atoms with Crippen molar-refractivity contribution in [2.45, 2.75) is 51.5 Å². The van der Waals surface area contributed by atoms with E-state index in [1.807, 2.05) is 53.4 Å². The van der Waals surface area contributed by atoms with E-state index < -0.39 is 0 Å². The smallest absolute Gasteiger partial charge is 0.267 e. The minimum absolute atomic E-state index is 0.0950. The molecule has 1 amide bonds. The summed E-state index contributed by atoms with van der Waals surface area (Å²) in [7, 11) is 0. The fraction of sp³-hybridized carbons (Fsp3) is 0.333. The highest BCUT2D eigenvalue weighted by Gasteiger charge is 2.38. The van der Waals surface area contributed by atoms with Crippen molar-refractivity contribution in [1.29, 1.82) is 0 Å². The molecule has 0 bridgehead atoms. The summed E-state index contributed by atoms with van der Waals surface area (Å²) in [6, 6.07) is 16.5. The van der Waals surface area contributed by atoms with Crippen molar-refractivity contribution in [3.8, 4) is 0 Å². The van der Waals surface area contributed by atoms with Crippen molar-refractivity contribution in [3.05, 3.63) is 69.0 Å². The summed E-state index contributed by atoms with van der Waals surface area (Å²) >= 11 is 4.98. The number of thioether (sulfide) groups is 1. The number of hydrogen-bond acceptors (Lipinski definition) is 3. The topological polar surface area (TPSA) is 32.7 Å². The van der Waals surface area contributed by atoms with Gasteiger partial charge >= 0.3 is 0 Å². The van der Waals surface area contributed by atoms with E-state index in [0.717, 1.165) is 45.1 Å². The molecule has 5 heteroatoms. The first-order valence-corrected chi connectivity index (χ1v) is 11.9. The van der Waals surface area contributed by atoms with Crippen LogP contribution < -0.4 is 0 Å². The molecule has 0 N–H and O–H groups in total. The molecule has 0 unspecified atom stereocenters. The van der Waals surface area contributed by atoms with Crippen LogP contribution >= 0.6 is 27.7 Å². The fourth-order valence-corrected chi connectivity index (χ4v) is 5.27. The van der Waals surface area contributed by atoms with E-state index in [1.54, 1.807) is 0 Å². The Kier molecular flexibility index (Phi) is 6.56. The van der Waals surface area contributed by atoms with Gasteiger partial charge in [-0.15, -0.1) is 0 Å². The molecule has 1 aliphatic carbocycles. The molecule has 4 rings (SSSR count). The zero-order valence-electron chi connectivity index (χ0n) is 16.6. The quantitative estimate of drug-likeness (QED) is 0.454. The molecule has 1 heterocycles. The average Bonchev–Trinajstić information content (AvgIpc) is 3.05. The molecule has 1 aliphatic heterocycles. The predicted octanol–water partition coefficient (Wildman–Crippen LogP) is 6.95. The molecular formula is C24H25BrN2OS. The van der Waals surface area contributed by atoms with Gasteiger partial charge in [-0.25, -0.2) is 4.99 Å². The molecule has 1 saturated carbocycles. The van der Waals surface area contributed by atoms with Gasteiger partial charge in [-0.2, -0.15) is 0 Å². The SMILES string of the molecule is CCc1ccccc1N=C1S/C(=C/c2ccc(Br)cc2)C(=O)N1C1CCCCC1. The Labute approximate surface area is 185 Å². The number of aliphatic imine (C=N–C) groups is 1. The second-order valence-electron chi connectivity index (χ2n) is 7.51. The van der Waals surface area contributed by atoms with Gasteiger partial charge in [0.1, 0.15) is 0 Å². The Morgan fingerprint density at radius 1 is 1.10 bits per heavy atom. The number of para-hydroxylation sites is 1. The molecule has 0 aromatic heterocycles. The minimum Gasteiger partial charge on any atom is -0.283 e. The predicted molar refractivity (Wildman–Crippen MR) is 126 cm³/mol. The largest absolute Gasteiger partial charge is 0.283 e. The van der Waals surface area contributed by atoms with Crippen molar-refractivity contribution >= 4 is 50.5 Å². The molecule has 2 fully saturated rings. The second kappa shape index (κ2) is 9.31. The van der Waals surface area contributed by atoms with Gasteiger partial charge < -0.3 is 0 Å². The lowest BCUT2D eigenvalue weighted by Gasteiger charge is -2.30. The molecular weight excluding hydrogens is 444 g/mol. The Hall–Kier alpha value is -1.85. The number of aryl methyl sites for hydroxylation is 1. The zero-order chi connectivity index (χ0) is 20.2. The van der Waals surface area contributed by atoms with E-state index in [2.05, 4.69) is 28.9 Å². The second-order valence-corrected chi connectivity index (χ2v) is 9.43. The monoisotopic (exact) mass is 468 g/mol. The summed E-state index contributed by atoms with van der Waals surface area (Å²) < 4.78 is 1.03. The zero-order valence-corrected chi connectivity index (χ0v) is 19.0. The number of amidine groups is 1. The van der Waals surface area contributed by atoms with Gasteiger partial charge in [-0.3, -0.25) is 9.69 Å². The molecule has 0 spiro atoms. The molecule has 2 aliphatic rings. The maximum absolute atomic E-state index is 13.4. The lowest BCUT2D eigenvalue weighted by molar-refractivity contribution is -0.124. The average molecular weight is 469 g/mol. The molecule has 29 heavy (non-hydrogen) atoms. The van der Waals surface area contributed by atoms with E-state index in [-0.39, 0.29) is 11.9 Å². The lowest BCUT2D eigenvalue weighted by atomic mass is 9.94. The number of rotatable bonds is 4. The van der Waals surface area contributed by atoms with Crippen LogP contribution in [0.3, 0.4) is 0 Å². The number of halogens is 1. The summed E-state index contributed by atoms with van der Waals surface area (Å²) in [5.41, 5.74) is 3.21. The van der Waals surface area contributed by atoms with Gasteiger partial charge in [0.25, 0.3) is 5.91 Å². The van der Waals surface area contributed by atoms with Gasteiger partial charge in [0.05, 0.1) is 10.6 Å². The maximum Gasteiger partial charge on any atom is 0.267 e. The first-order valence-electron chi connectivity index (χ1n) is 10.3. The fourth-order valence-electron chi connectivity index (χ4n) is 3.96. The van der Waals surface area contributed by atoms with Crippen LogP contribution in [0.1, 0.15) is 50.2 Å². The molecule has 150 valence electrons. The number of carbonyl (C=O) groups is 1. The third-order valence-electron chi connectivity index (χ3n) is 5.53. The molecule has 2 aromatic carbocycles. The number of nitrogens with zero attached hydrogens (tertiary/aromatic N) is 2. The van der Waals surface area contributed by atoms with Crippen molar-refractivity contribution in [2.24, 2.45) is 4.99 Å². The Bertz CT molecular complexity index is 946. The van der Waals surface area contributed by atoms with E-state index in [1.165, 1.54) is 36.6 Å². The number of carbonyl (C=O) groups excluding carboxylic acids is 1. The minimum atomic E-state index is 0.0950. The normalized spacial score (nSPS) is 20.8. The van der Waals surface area contributed by atoms with Crippen LogP contribution in [0.25, 0.3) is 6.08 Å². The Balaban J connectivity index is 1.72. The van der Waals surface area contributed by atoms with E-state index in [4.69, 9.17) is 4.99 Å². The van der Waals surface area contributed by atoms with E-state index in [9.17, 15) is 4.79 Å². The van der Waals surface area contributed by atoms with Crippen LogP contribution in [-0.4, -0.2) is 22.0 Å². The van der Waals surface area contributed by atoms with Gasteiger partial charge in [-0.05, 0) is 66.4 Å². The van der Waals surface area contributed by atoms with Crippen LogP contribution in [-0.2, 0) is 11.2 Å². The van der Waals surface area contributed by atoms with Crippen molar-refractivity contribution in [1.82, 2.24) is 4.90 Å². The summed E-state index contributed by atoms with van der Waals surface area (Å²) in [5, 5.41) is 0.825. The summed E-state index contributed by atoms with van der Waals surface area (Å²) in [4.78, 5) is 21.1. The molecule has 3 nitrogen and oxygen atoms in total. The third-order valence-corrected chi connectivity index (χ3v) is 7.04. The van der Waals surface area contributed by atoms with Gasteiger partial charge in [0, 0.05) is 10.5 Å². The van der Waals surface area contributed by atoms with Crippen LogP contribution in [0, 0.1) is 0 Å². The van der Waals surface area contributed by atoms with Crippen molar-refractivity contribution in [2.75, 3.05) is 0 Å². The Morgan fingerprint density at radius 2 is 1.83 bits per heavy atom. The van der Waals surface area contributed by atoms with E-state index in [0.29, 0.717) is 0 Å². The van der Waals surface area contributed by atoms with Crippen LogP contribution in [0.2, 0.25) is 0 Å². The van der Waals surface area contributed by atoms with Crippen molar-refractivity contribution in [3.63, 3.8) is 0 Å². The molecule has 0 atom stereocenters. The number of amides is 1. The highest BCUT2D eigenvalue weighted by Crippen LogP contribution is 2.39.